The minimum atomic E-state index is -0.646. The Kier molecular flexibility index (Phi) is 7.02. The summed E-state index contributed by atoms with van der Waals surface area (Å²) in [6.07, 6.45) is 9.37. The first-order chi connectivity index (χ1) is 8.67. The van der Waals surface area contributed by atoms with Crippen molar-refractivity contribution >= 4 is 5.97 Å². The van der Waals surface area contributed by atoms with Gasteiger partial charge in [-0.25, -0.2) is 0 Å². The van der Waals surface area contributed by atoms with Crippen molar-refractivity contribution in [1.29, 1.82) is 0 Å². The molecule has 1 aliphatic rings. The molecule has 3 nitrogen and oxygen atoms in total. The monoisotopic (exact) mass is 254 g/mol. The first kappa shape index (κ1) is 15.2. The first-order valence-electron chi connectivity index (χ1n) is 7.12. The van der Waals surface area contributed by atoms with Crippen molar-refractivity contribution in [2.24, 2.45) is 11.8 Å². The van der Waals surface area contributed by atoms with Crippen LogP contribution in [0.25, 0.3) is 0 Å². The molecule has 3 heteroatoms. The van der Waals surface area contributed by atoms with Crippen molar-refractivity contribution < 1.29 is 14.6 Å². The Bertz CT molecular complexity index is 262. The second-order valence-electron chi connectivity index (χ2n) is 5.30. The summed E-state index contributed by atoms with van der Waals surface area (Å²) in [4.78, 5) is 11.0. The topological polar surface area (TPSA) is 46.5 Å². The lowest BCUT2D eigenvalue weighted by molar-refractivity contribution is -0.142. The molecular weight excluding hydrogens is 228 g/mol. The lowest BCUT2D eigenvalue weighted by atomic mass is 9.82. The molecule has 1 rings (SSSR count). The Morgan fingerprint density at radius 2 is 2.33 bits per heavy atom. The largest absolute Gasteiger partial charge is 0.481 e. The molecule has 18 heavy (non-hydrogen) atoms. The second-order valence-corrected chi connectivity index (χ2v) is 5.30. The van der Waals surface area contributed by atoms with E-state index in [0.29, 0.717) is 18.6 Å². The standard InChI is InChI=1S/C15H26O3/c1-3-10-18-14-7-5-6-12(11-14)8-9-13(4-2)15(16)17/h3,12-14H,1,4-11H2,2H3,(H,16,17)/t12-,13?,14-/m1/s1. The smallest absolute Gasteiger partial charge is 0.306 e. The number of ether oxygens (including phenoxy) is 1. The van der Waals surface area contributed by atoms with Crippen LogP contribution in [0.15, 0.2) is 12.7 Å². The summed E-state index contributed by atoms with van der Waals surface area (Å²) in [5, 5.41) is 9.04. The lowest BCUT2D eigenvalue weighted by Crippen LogP contribution is -2.24. The number of carboxylic acid groups (broad SMARTS) is 1. The molecule has 1 fully saturated rings. The third-order valence-corrected chi connectivity index (χ3v) is 3.95. The Labute approximate surface area is 110 Å². The normalized spacial score (nSPS) is 25.6. The number of rotatable bonds is 8. The average molecular weight is 254 g/mol. The van der Waals surface area contributed by atoms with E-state index in [1.807, 2.05) is 6.92 Å². The summed E-state index contributed by atoms with van der Waals surface area (Å²) in [6.45, 7) is 6.25. The van der Waals surface area contributed by atoms with Crippen LogP contribution >= 0.6 is 0 Å². The highest BCUT2D eigenvalue weighted by molar-refractivity contribution is 5.69. The molecule has 1 N–H and O–H groups in total. The Morgan fingerprint density at radius 1 is 1.56 bits per heavy atom. The van der Waals surface area contributed by atoms with E-state index >= 15 is 0 Å². The van der Waals surface area contributed by atoms with Gasteiger partial charge >= 0.3 is 5.97 Å². The van der Waals surface area contributed by atoms with Crippen LogP contribution in [0.5, 0.6) is 0 Å². The van der Waals surface area contributed by atoms with E-state index < -0.39 is 5.97 Å². The van der Waals surface area contributed by atoms with Crippen LogP contribution in [0.2, 0.25) is 0 Å². The molecule has 0 spiro atoms. The molecule has 0 saturated heterocycles. The first-order valence-corrected chi connectivity index (χ1v) is 7.12. The van der Waals surface area contributed by atoms with Crippen LogP contribution in [0, 0.1) is 11.8 Å². The highest BCUT2D eigenvalue weighted by Gasteiger charge is 2.24. The number of aliphatic carboxylic acids is 1. The molecule has 104 valence electrons. The van der Waals surface area contributed by atoms with Gasteiger partial charge in [0.15, 0.2) is 0 Å². The van der Waals surface area contributed by atoms with Gasteiger partial charge in [-0.05, 0) is 38.0 Å². The van der Waals surface area contributed by atoms with E-state index in [9.17, 15) is 4.79 Å². The Hall–Kier alpha value is -0.830. The zero-order valence-electron chi connectivity index (χ0n) is 11.4. The molecule has 1 unspecified atom stereocenters. The summed E-state index contributed by atoms with van der Waals surface area (Å²) in [7, 11) is 0. The minimum absolute atomic E-state index is 0.167. The minimum Gasteiger partial charge on any atom is -0.481 e. The Morgan fingerprint density at radius 3 is 2.94 bits per heavy atom. The fourth-order valence-corrected chi connectivity index (χ4v) is 2.80. The van der Waals surface area contributed by atoms with Gasteiger partial charge in [0, 0.05) is 0 Å². The van der Waals surface area contributed by atoms with E-state index in [1.165, 1.54) is 12.8 Å². The molecule has 3 atom stereocenters. The molecule has 1 saturated carbocycles. The number of carbonyl (C=O) groups is 1. The fourth-order valence-electron chi connectivity index (χ4n) is 2.80. The lowest BCUT2D eigenvalue weighted by Gasteiger charge is -2.29. The van der Waals surface area contributed by atoms with Crippen molar-refractivity contribution in [3.05, 3.63) is 12.7 Å². The summed E-state index contributed by atoms with van der Waals surface area (Å²) >= 11 is 0. The molecular formula is C15H26O3. The number of hydrogen-bond acceptors (Lipinski definition) is 2. The van der Waals surface area contributed by atoms with Crippen LogP contribution in [0.4, 0.5) is 0 Å². The molecule has 0 amide bonds. The molecule has 0 radical (unpaired) electrons. The van der Waals surface area contributed by atoms with E-state index in [1.54, 1.807) is 6.08 Å². The van der Waals surface area contributed by atoms with Gasteiger partial charge in [0.1, 0.15) is 0 Å². The van der Waals surface area contributed by atoms with Gasteiger partial charge in [0.25, 0.3) is 0 Å². The van der Waals surface area contributed by atoms with E-state index in [2.05, 4.69) is 6.58 Å². The van der Waals surface area contributed by atoms with Crippen LogP contribution in [-0.2, 0) is 9.53 Å². The van der Waals surface area contributed by atoms with E-state index in [4.69, 9.17) is 9.84 Å². The van der Waals surface area contributed by atoms with Crippen molar-refractivity contribution in [3.63, 3.8) is 0 Å². The zero-order chi connectivity index (χ0) is 13.4. The third kappa shape index (κ3) is 5.21. The number of hydrogen-bond donors (Lipinski definition) is 1. The van der Waals surface area contributed by atoms with E-state index in [0.717, 1.165) is 32.1 Å². The summed E-state index contributed by atoms with van der Waals surface area (Å²) < 4.78 is 5.71. The maximum absolute atomic E-state index is 11.0. The molecule has 0 bridgehead atoms. The SMILES string of the molecule is C=CCO[C@@H]1CCC[C@H](CCC(CC)C(=O)O)C1. The van der Waals surface area contributed by atoms with Crippen LogP contribution < -0.4 is 0 Å². The van der Waals surface area contributed by atoms with Crippen molar-refractivity contribution in [2.75, 3.05) is 6.61 Å². The summed E-state index contributed by atoms with van der Waals surface area (Å²) in [5.74, 6) is -0.172. The molecule has 0 aromatic carbocycles. The van der Waals surface area contributed by atoms with Crippen molar-refractivity contribution in [2.45, 2.75) is 58.0 Å². The van der Waals surface area contributed by atoms with Crippen LogP contribution in [-0.4, -0.2) is 23.8 Å². The van der Waals surface area contributed by atoms with Gasteiger partial charge in [-0.3, -0.25) is 4.79 Å². The molecule has 0 heterocycles. The van der Waals surface area contributed by atoms with Crippen molar-refractivity contribution in [3.8, 4) is 0 Å². The average Bonchev–Trinajstić information content (AvgIpc) is 2.37. The predicted octanol–water partition coefficient (Wildman–Crippen LogP) is 3.64. The molecule has 1 aliphatic carbocycles. The molecule has 0 aliphatic heterocycles. The van der Waals surface area contributed by atoms with E-state index in [-0.39, 0.29) is 5.92 Å². The third-order valence-electron chi connectivity index (χ3n) is 3.95. The molecule has 0 aromatic rings. The fraction of sp³-hybridized carbons (Fsp3) is 0.800. The molecule has 0 aromatic heterocycles. The van der Waals surface area contributed by atoms with Gasteiger partial charge in [-0.15, -0.1) is 6.58 Å². The van der Waals surface area contributed by atoms with Gasteiger partial charge < -0.3 is 9.84 Å². The predicted molar refractivity (Wildman–Crippen MR) is 72.5 cm³/mol. The van der Waals surface area contributed by atoms with Gasteiger partial charge in [-0.1, -0.05) is 25.8 Å². The number of carboxylic acids is 1. The highest BCUT2D eigenvalue weighted by Crippen LogP contribution is 2.31. The second kappa shape index (κ2) is 8.30. The quantitative estimate of drug-likeness (QED) is 0.673. The maximum atomic E-state index is 11.0. The van der Waals surface area contributed by atoms with Gasteiger partial charge in [0.2, 0.25) is 0 Å². The van der Waals surface area contributed by atoms with Gasteiger partial charge in [0.05, 0.1) is 18.6 Å². The van der Waals surface area contributed by atoms with Crippen LogP contribution in [0.1, 0.15) is 51.9 Å². The highest BCUT2D eigenvalue weighted by atomic mass is 16.5. The van der Waals surface area contributed by atoms with Gasteiger partial charge in [-0.2, -0.15) is 0 Å². The Balaban J connectivity index is 2.29. The van der Waals surface area contributed by atoms with Crippen LogP contribution in [0.3, 0.4) is 0 Å². The zero-order valence-corrected chi connectivity index (χ0v) is 11.4. The summed E-state index contributed by atoms with van der Waals surface area (Å²) in [5.41, 5.74) is 0. The van der Waals surface area contributed by atoms with Crippen molar-refractivity contribution in [1.82, 2.24) is 0 Å². The summed E-state index contributed by atoms with van der Waals surface area (Å²) in [6, 6.07) is 0. The maximum Gasteiger partial charge on any atom is 0.306 e.